The van der Waals surface area contributed by atoms with Crippen LogP contribution in [-0.2, 0) is 4.79 Å². The first-order valence-electron chi connectivity index (χ1n) is 10.1. The number of thioether (sulfide) groups is 1. The lowest BCUT2D eigenvalue weighted by molar-refractivity contribution is -0.122. The number of nitrogens with zero attached hydrogens (tertiary/aromatic N) is 3. The van der Waals surface area contributed by atoms with Crippen molar-refractivity contribution >= 4 is 40.5 Å². The summed E-state index contributed by atoms with van der Waals surface area (Å²) < 4.78 is 0. The zero-order chi connectivity index (χ0) is 21.8. The number of para-hydroxylation sites is 2. The monoisotopic (exact) mass is 437 g/mol. The standard InChI is InChI=1S/C22H23N5O3S/c1-31-12-9-18(20-25-16-5-2-3-6-17(16)26-20)24-19(28)7-4-11-27-21(29)14-8-10-23-13-15(14)22(27)30/h2-3,5-6,8,10,13,18H,4,7,9,11-12H2,1H3,(H,24,28)(H,25,26)/t18-/m1/s1. The number of carbonyl (C=O) groups excluding carboxylic acids is 3. The molecule has 1 aliphatic heterocycles. The first-order valence-corrected chi connectivity index (χ1v) is 11.5. The molecule has 4 rings (SSSR count). The molecule has 1 atom stereocenters. The average molecular weight is 438 g/mol. The number of amides is 3. The van der Waals surface area contributed by atoms with Crippen molar-refractivity contribution in [1.82, 2.24) is 25.2 Å². The fourth-order valence-electron chi connectivity index (χ4n) is 3.65. The summed E-state index contributed by atoms with van der Waals surface area (Å²) in [6, 6.07) is 9.08. The smallest absolute Gasteiger partial charge is 0.263 e. The Kier molecular flexibility index (Phi) is 6.31. The van der Waals surface area contributed by atoms with Crippen LogP contribution in [0.3, 0.4) is 0 Å². The number of aromatic amines is 1. The van der Waals surface area contributed by atoms with Crippen molar-refractivity contribution in [1.29, 1.82) is 0 Å². The Labute approximate surface area is 183 Å². The number of H-pyrrole nitrogens is 1. The lowest BCUT2D eigenvalue weighted by Gasteiger charge is -2.17. The predicted molar refractivity (Wildman–Crippen MR) is 119 cm³/mol. The van der Waals surface area contributed by atoms with Crippen LogP contribution in [0.15, 0.2) is 42.7 Å². The Morgan fingerprint density at radius 1 is 1.19 bits per heavy atom. The second-order valence-corrected chi connectivity index (χ2v) is 8.31. The summed E-state index contributed by atoms with van der Waals surface area (Å²) in [6.07, 6.45) is 6.27. The van der Waals surface area contributed by atoms with Gasteiger partial charge in [-0.25, -0.2) is 4.98 Å². The summed E-state index contributed by atoms with van der Waals surface area (Å²) in [5.41, 5.74) is 2.48. The highest BCUT2D eigenvalue weighted by Crippen LogP contribution is 2.23. The highest BCUT2D eigenvalue weighted by molar-refractivity contribution is 7.98. The van der Waals surface area contributed by atoms with Gasteiger partial charge >= 0.3 is 0 Å². The molecule has 2 aromatic heterocycles. The van der Waals surface area contributed by atoms with E-state index in [9.17, 15) is 14.4 Å². The quantitative estimate of drug-likeness (QED) is 0.498. The molecule has 0 spiro atoms. The van der Waals surface area contributed by atoms with E-state index in [1.54, 1.807) is 17.8 Å². The zero-order valence-electron chi connectivity index (χ0n) is 17.1. The molecule has 9 heteroatoms. The number of aromatic nitrogens is 3. The van der Waals surface area contributed by atoms with Crippen molar-refractivity contribution in [3.8, 4) is 0 Å². The topological polar surface area (TPSA) is 108 Å². The van der Waals surface area contributed by atoms with Crippen molar-refractivity contribution < 1.29 is 14.4 Å². The van der Waals surface area contributed by atoms with E-state index in [1.807, 2.05) is 30.5 Å². The molecule has 0 saturated carbocycles. The van der Waals surface area contributed by atoms with Crippen LogP contribution >= 0.6 is 11.8 Å². The third-order valence-corrected chi connectivity index (χ3v) is 5.89. The van der Waals surface area contributed by atoms with Gasteiger partial charge in [0.2, 0.25) is 5.91 Å². The third-order valence-electron chi connectivity index (χ3n) is 5.24. The van der Waals surface area contributed by atoms with Gasteiger partial charge in [-0.15, -0.1) is 0 Å². The molecule has 8 nitrogen and oxygen atoms in total. The van der Waals surface area contributed by atoms with E-state index < -0.39 is 0 Å². The molecule has 1 aromatic carbocycles. The number of imide groups is 1. The minimum absolute atomic E-state index is 0.134. The molecule has 160 valence electrons. The number of hydrogen-bond donors (Lipinski definition) is 2. The van der Waals surface area contributed by atoms with Crippen molar-refractivity contribution in [2.24, 2.45) is 0 Å². The van der Waals surface area contributed by atoms with Crippen molar-refractivity contribution in [2.45, 2.75) is 25.3 Å². The summed E-state index contributed by atoms with van der Waals surface area (Å²) in [7, 11) is 0. The fraction of sp³-hybridized carbons (Fsp3) is 0.318. The number of pyridine rings is 1. The van der Waals surface area contributed by atoms with Crippen LogP contribution in [0, 0.1) is 0 Å². The Morgan fingerprint density at radius 2 is 2.00 bits per heavy atom. The van der Waals surface area contributed by atoms with E-state index >= 15 is 0 Å². The van der Waals surface area contributed by atoms with Gasteiger partial charge in [-0.2, -0.15) is 11.8 Å². The van der Waals surface area contributed by atoms with Gasteiger partial charge in [0.15, 0.2) is 0 Å². The van der Waals surface area contributed by atoms with Crippen LogP contribution in [0.4, 0.5) is 0 Å². The third kappa shape index (κ3) is 4.46. The van der Waals surface area contributed by atoms with E-state index in [-0.39, 0.29) is 36.7 Å². The molecule has 1 aliphatic rings. The zero-order valence-corrected chi connectivity index (χ0v) is 17.9. The van der Waals surface area contributed by atoms with Gasteiger partial charge < -0.3 is 10.3 Å². The molecule has 31 heavy (non-hydrogen) atoms. The first-order chi connectivity index (χ1) is 15.1. The van der Waals surface area contributed by atoms with Gasteiger partial charge in [-0.3, -0.25) is 24.3 Å². The number of imidazole rings is 1. The predicted octanol–water partition coefficient (Wildman–Crippen LogP) is 2.94. The molecular weight excluding hydrogens is 414 g/mol. The summed E-state index contributed by atoms with van der Waals surface area (Å²) in [6.45, 7) is 0.194. The van der Waals surface area contributed by atoms with Crippen LogP contribution in [0.25, 0.3) is 11.0 Å². The number of hydrogen-bond acceptors (Lipinski definition) is 6. The van der Waals surface area contributed by atoms with Gasteiger partial charge in [0.1, 0.15) is 5.82 Å². The molecule has 0 saturated heterocycles. The first kappa shape index (κ1) is 21.0. The van der Waals surface area contributed by atoms with Crippen molar-refractivity contribution in [3.05, 3.63) is 59.7 Å². The fourth-order valence-corrected chi connectivity index (χ4v) is 4.12. The lowest BCUT2D eigenvalue weighted by atomic mass is 10.2. The van der Waals surface area contributed by atoms with E-state index in [1.165, 1.54) is 17.3 Å². The number of benzene rings is 1. The molecule has 3 amide bonds. The molecule has 0 bridgehead atoms. The van der Waals surface area contributed by atoms with Gasteiger partial charge in [0, 0.05) is 25.4 Å². The molecule has 0 radical (unpaired) electrons. The number of rotatable bonds is 9. The second-order valence-electron chi connectivity index (χ2n) is 7.33. The van der Waals surface area contributed by atoms with Gasteiger partial charge in [-0.05, 0) is 43.0 Å². The Balaban J connectivity index is 1.35. The highest BCUT2D eigenvalue weighted by atomic mass is 32.2. The summed E-state index contributed by atoms with van der Waals surface area (Å²) in [5, 5.41) is 3.05. The Bertz CT molecular complexity index is 1060. The SMILES string of the molecule is CSCC[C@@H](NC(=O)CCCN1C(=O)c2ccncc2C1=O)c1nc2ccccc2[nH]1. The van der Waals surface area contributed by atoms with Gasteiger partial charge in [0.05, 0.1) is 28.2 Å². The minimum Gasteiger partial charge on any atom is -0.346 e. The molecule has 2 N–H and O–H groups in total. The van der Waals surface area contributed by atoms with E-state index in [0.717, 1.165) is 29.0 Å². The molecule has 0 unspecified atom stereocenters. The number of fused-ring (bicyclic) bond motifs is 2. The maximum atomic E-state index is 12.6. The molecule has 0 fully saturated rings. The van der Waals surface area contributed by atoms with Crippen LogP contribution < -0.4 is 5.32 Å². The maximum Gasteiger partial charge on any atom is 0.263 e. The molecule has 0 aliphatic carbocycles. The van der Waals surface area contributed by atoms with Crippen LogP contribution in [0.2, 0.25) is 0 Å². The number of carbonyl (C=O) groups is 3. The van der Waals surface area contributed by atoms with E-state index in [4.69, 9.17) is 0 Å². The van der Waals surface area contributed by atoms with Crippen LogP contribution in [0.1, 0.15) is 51.8 Å². The molecule has 3 heterocycles. The molecular formula is C22H23N5O3S. The summed E-state index contributed by atoms with van der Waals surface area (Å²) in [5.74, 6) is 0.795. The summed E-state index contributed by atoms with van der Waals surface area (Å²) >= 11 is 1.71. The lowest BCUT2D eigenvalue weighted by Crippen LogP contribution is -2.33. The minimum atomic E-state index is -0.353. The van der Waals surface area contributed by atoms with E-state index in [2.05, 4.69) is 20.3 Å². The van der Waals surface area contributed by atoms with Crippen molar-refractivity contribution in [3.63, 3.8) is 0 Å². The second kappa shape index (κ2) is 9.30. The Hall–Kier alpha value is -3.20. The maximum absolute atomic E-state index is 12.6. The average Bonchev–Trinajstić information content (AvgIpc) is 3.32. The van der Waals surface area contributed by atoms with Crippen LogP contribution in [-0.4, -0.2) is 56.1 Å². The summed E-state index contributed by atoms with van der Waals surface area (Å²) in [4.78, 5) is 50.4. The van der Waals surface area contributed by atoms with E-state index in [0.29, 0.717) is 17.5 Å². The highest BCUT2D eigenvalue weighted by Gasteiger charge is 2.35. The molecule has 3 aromatic rings. The van der Waals surface area contributed by atoms with Crippen molar-refractivity contribution in [2.75, 3.05) is 18.6 Å². The largest absolute Gasteiger partial charge is 0.346 e. The normalized spacial score (nSPS) is 14.2. The number of nitrogens with one attached hydrogen (secondary N) is 2. The Morgan fingerprint density at radius 3 is 2.77 bits per heavy atom. The van der Waals surface area contributed by atoms with Crippen LogP contribution in [0.5, 0.6) is 0 Å². The van der Waals surface area contributed by atoms with Gasteiger partial charge in [-0.1, -0.05) is 12.1 Å². The van der Waals surface area contributed by atoms with Gasteiger partial charge in [0.25, 0.3) is 11.8 Å².